The minimum atomic E-state index is -0.507. The molecule has 0 saturated heterocycles. The SMILES string of the molecule is COc1ccc(-c2noc([C@@H](NC(=O)COc3ccc([N+](=O)[O-])cc3)C(C)C)n2)cc1. The molecule has 1 atom stereocenters. The van der Waals surface area contributed by atoms with E-state index in [0.29, 0.717) is 17.3 Å². The van der Waals surface area contributed by atoms with Crippen molar-refractivity contribution in [2.75, 3.05) is 13.7 Å². The third-order valence-corrected chi connectivity index (χ3v) is 4.46. The van der Waals surface area contributed by atoms with Crippen LogP contribution in [0.1, 0.15) is 25.8 Å². The summed E-state index contributed by atoms with van der Waals surface area (Å²) >= 11 is 0. The summed E-state index contributed by atoms with van der Waals surface area (Å²) in [5, 5.41) is 17.5. The summed E-state index contributed by atoms with van der Waals surface area (Å²) < 4.78 is 15.9. The molecule has 0 radical (unpaired) electrons. The quantitative estimate of drug-likeness (QED) is 0.406. The van der Waals surface area contributed by atoms with Gasteiger partial charge in [-0.25, -0.2) is 0 Å². The molecule has 1 heterocycles. The van der Waals surface area contributed by atoms with E-state index in [-0.39, 0.29) is 30.0 Å². The number of ether oxygens (including phenoxy) is 2. The summed E-state index contributed by atoms with van der Waals surface area (Å²) in [7, 11) is 1.59. The minimum Gasteiger partial charge on any atom is -0.497 e. The molecule has 0 aliphatic rings. The predicted octanol–water partition coefficient (Wildman–Crippen LogP) is 3.55. The van der Waals surface area contributed by atoms with Crippen LogP contribution >= 0.6 is 0 Å². The average molecular weight is 426 g/mol. The Kier molecular flexibility index (Phi) is 6.81. The predicted molar refractivity (Wildman–Crippen MR) is 111 cm³/mol. The fraction of sp³-hybridized carbons (Fsp3) is 0.286. The van der Waals surface area contributed by atoms with E-state index in [9.17, 15) is 14.9 Å². The number of nitro benzene ring substituents is 1. The van der Waals surface area contributed by atoms with Crippen LogP contribution in [0.25, 0.3) is 11.4 Å². The number of nitro groups is 1. The number of amides is 1. The molecule has 1 N–H and O–H groups in total. The van der Waals surface area contributed by atoms with E-state index in [1.54, 1.807) is 19.2 Å². The van der Waals surface area contributed by atoms with Crippen LogP contribution in [0.15, 0.2) is 53.1 Å². The van der Waals surface area contributed by atoms with Crippen LogP contribution in [-0.4, -0.2) is 34.7 Å². The van der Waals surface area contributed by atoms with Crippen molar-refractivity contribution in [3.63, 3.8) is 0 Å². The monoisotopic (exact) mass is 426 g/mol. The molecule has 0 fully saturated rings. The zero-order valence-corrected chi connectivity index (χ0v) is 17.3. The number of methoxy groups -OCH3 is 1. The smallest absolute Gasteiger partial charge is 0.269 e. The second kappa shape index (κ2) is 9.70. The van der Waals surface area contributed by atoms with Crippen LogP contribution in [0.3, 0.4) is 0 Å². The number of hydrogen-bond donors (Lipinski definition) is 1. The molecule has 2 aromatic carbocycles. The highest BCUT2D eigenvalue weighted by atomic mass is 16.6. The van der Waals surface area contributed by atoms with Crippen LogP contribution in [0.2, 0.25) is 0 Å². The lowest BCUT2D eigenvalue weighted by Crippen LogP contribution is -2.35. The Hall–Kier alpha value is -3.95. The molecule has 0 aliphatic heterocycles. The molecule has 0 saturated carbocycles. The molecular formula is C21H22N4O6. The lowest BCUT2D eigenvalue weighted by molar-refractivity contribution is -0.384. The number of aromatic nitrogens is 2. The van der Waals surface area contributed by atoms with E-state index in [0.717, 1.165) is 5.56 Å². The Bertz CT molecular complexity index is 1030. The van der Waals surface area contributed by atoms with E-state index < -0.39 is 11.0 Å². The highest BCUT2D eigenvalue weighted by Crippen LogP contribution is 2.25. The zero-order valence-electron chi connectivity index (χ0n) is 17.3. The molecule has 162 valence electrons. The molecule has 3 aromatic rings. The van der Waals surface area contributed by atoms with Gasteiger partial charge >= 0.3 is 0 Å². The number of hydrogen-bond acceptors (Lipinski definition) is 8. The van der Waals surface area contributed by atoms with Crippen molar-refractivity contribution < 1.29 is 23.7 Å². The van der Waals surface area contributed by atoms with Gasteiger partial charge in [0, 0.05) is 17.7 Å². The Balaban J connectivity index is 1.63. The van der Waals surface area contributed by atoms with Crippen molar-refractivity contribution in [3.8, 4) is 22.9 Å². The minimum absolute atomic E-state index is 0.0208. The first-order valence-electron chi connectivity index (χ1n) is 9.52. The van der Waals surface area contributed by atoms with Gasteiger partial charge in [-0.2, -0.15) is 4.98 Å². The van der Waals surface area contributed by atoms with E-state index >= 15 is 0 Å². The van der Waals surface area contributed by atoms with Crippen molar-refractivity contribution in [3.05, 3.63) is 64.5 Å². The molecule has 1 aromatic heterocycles. The third kappa shape index (κ3) is 5.56. The van der Waals surface area contributed by atoms with E-state index in [4.69, 9.17) is 14.0 Å². The van der Waals surface area contributed by atoms with Crippen LogP contribution in [0, 0.1) is 16.0 Å². The standard InChI is InChI=1S/C21H22N4O6/c1-13(2)19(21-23-20(24-31-21)14-4-8-16(29-3)9-5-14)22-18(26)12-30-17-10-6-15(7-11-17)25(27)28/h4-11,13,19H,12H2,1-3H3,(H,22,26)/t19-/m0/s1. The van der Waals surface area contributed by atoms with Crippen LogP contribution < -0.4 is 14.8 Å². The number of nitrogens with zero attached hydrogens (tertiary/aromatic N) is 3. The molecule has 10 heteroatoms. The van der Waals surface area contributed by atoms with Gasteiger partial charge in [-0.15, -0.1) is 0 Å². The van der Waals surface area contributed by atoms with E-state index in [2.05, 4.69) is 15.5 Å². The van der Waals surface area contributed by atoms with Crippen LogP contribution in [0.5, 0.6) is 11.5 Å². The molecule has 0 unspecified atom stereocenters. The molecule has 31 heavy (non-hydrogen) atoms. The van der Waals surface area contributed by atoms with Crippen molar-refractivity contribution in [1.82, 2.24) is 15.5 Å². The fourth-order valence-corrected chi connectivity index (χ4v) is 2.76. The van der Waals surface area contributed by atoms with Crippen LogP contribution in [0.4, 0.5) is 5.69 Å². The largest absolute Gasteiger partial charge is 0.497 e. The van der Waals surface area contributed by atoms with Crippen molar-refractivity contribution in [2.24, 2.45) is 5.92 Å². The van der Waals surface area contributed by atoms with Crippen molar-refractivity contribution >= 4 is 11.6 Å². The normalized spacial score (nSPS) is 11.7. The van der Waals surface area contributed by atoms with Gasteiger partial charge in [-0.3, -0.25) is 14.9 Å². The third-order valence-electron chi connectivity index (χ3n) is 4.46. The lowest BCUT2D eigenvalue weighted by atomic mass is 10.0. The number of carbonyl (C=O) groups is 1. The van der Waals surface area contributed by atoms with Crippen molar-refractivity contribution in [2.45, 2.75) is 19.9 Å². The number of carbonyl (C=O) groups excluding carboxylic acids is 1. The topological polar surface area (TPSA) is 130 Å². The Labute approximate surface area is 178 Å². The first-order valence-corrected chi connectivity index (χ1v) is 9.52. The highest BCUT2D eigenvalue weighted by molar-refractivity contribution is 5.78. The summed E-state index contributed by atoms with van der Waals surface area (Å²) in [5.74, 6) is 1.34. The van der Waals surface area contributed by atoms with Gasteiger partial charge in [0.2, 0.25) is 11.7 Å². The van der Waals surface area contributed by atoms with Gasteiger partial charge in [0.05, 0.1) is 12.0 Å². The Morgan fingerprint density at radius 1 is 1.13 bits per heavy atom. The Morgan fingerprint density at radius 2 is 1.77 bits per heavy atom. The first-order chi connectivity index (χ1) is 14.9. The van der Waals surface area contributed by atoms with Gasteiger partial charge in [0.15, 0.2) is 6.61 Å². The number of rotatable bonds is 9. The second-order valence-corrected chi connectivity index (χ2v) is 7.01. The molecule has 10 nitrogen and oxygen atoms in total. The second-order valence-electron chi connectivity index (χ2n) is 7.01. The molecule has 0 bridgehead atoms. The summed E-state index contributed by atoms with van der Waals surface area (Å²) in [4.78, 5) is 27.0. The first kappa shape index (κ1) is 21.8. The Morgan fingerprint density at radius 3 is 2.35 bits per heavy atom. The fourth-order valence-electron chi connectivity index (χ4n) is 2.76. The number of benzene rings is 2. The molecule has 3 rings (SSSR count). The van der Waals surface area contributed by atoms with Gasteiger partial charge in [0.25, 0.3) is 11.6 Å². The highest BCUT2D eigenvalue weighted by Gasteiger charge is 2.25. The van der Waals surface area contributed by atoms with Gasteiger partial charge in [0.1, 0.15) is 17.5 Å². The summed E-state index contributed by atoms with van der Waals surface area (Å²) in [6.45, 7) is 3.57. The van der Waals surface area contributed by atoms with E-state index in [1.807, 2.05) is 26.0 Å². The van der Waals surface area contributed by atoms with Crippen molar-refractivity contribution in [1.29, 1.82) is 0 Å². The molecule has 0 aliphatic carbocycles. The maximum absolute atomic E-state index is 12.4. The van der Waals surface area contributed by atoms with Gasteiger partial charge in [-0.1, -0.05) is 19.0 Å². The number of non-ortho nitro benzene ring substituents is 1. The molecular weight excluding hydrogens is 404 g/mol. The maximum atomic E-state index is 12.4. The van der Waals surface area contributed by atoms with Gasteiger partial charge in [-0.05, 0) is 42.3 Å². The molecule has 1 amide bonds. The van der Waals surface area contributed by atoms with Crippen LogP contribution in [-0.2, 0) is 4.79 Å². The number of nitrogens with one attached hydrogen (secondary N) is 1. The summed E-state index contributed by atoms with van der Waals surface area (Å²) in [6, 6.07) is 12.2. The maximum Gasteiger partial charge on any atom is 0.269 e. The van der Waals surface area contributed by atoms with E-state index in [1.165, 1.54) is 24.3 Å². The molecule has 0 spiro atoms. The average Bonchev–Trinajstić information content (AvgIpc) is 3.26. The van der Waals surface area contributed by atoms with Gasteiger partial charge < -0.3 is 19.3 Å². The summed E-state index contributed by atoms with van der Waals surface area (Å²) in [6.07, 6.45) is 0. The lowest BCUT2D eigenvalue weighted by Gasteiger charge is -2.18. The summed E-state index contributed by atoms with van der Waals surface area (Å²) in [5.41, 5.74) is 0.701. The zero-order chi connectivity index (χ0) is 22.4.